The molecule has 2 rings (SSSR count). The molecule has 0 bridgehead atoms. The summed E-state index contributed by atoms with van der Waals surface area (Å²) >= 11 is 2.22. The van der Waals surface area contributed by atoms with E-state index in [-0.39, 0.29) is 6.61 Å². The van der Waals surface area contributed by atoms with Crippen LogP contribution < -0.4 is 5.32 Å². The van der Waals surface area contributed by atoms with Crippen molar-refractivity contribution in [3.8, 4) is 0 Å². The second-order valence-corrected chi connectivity index (χ2v) is 8.37. The molecule has 1 atom stereocenters. The number of halogens is 1. The first kappa shape index (κ1) is 21.2. The molecule has 0 fully saturated rings. The molecule has 2 aromatic rings. The van der Waals surface area contributed by atoms with Gasteiger partial charge in [-0.05, 0) is 66.6 Å². The third-order valence-corrected chi connectivity index (χ3v) is 4.27. The second-order valence-electron chi connectivity index (χ2n) is 7.12. The molecule has 0 aromatic heterocycles. The van der Waals surface area contributed by atoms with Crippen LogP contribution in [-0.4, -0.2) is 23.7 Å². The summed E-state index contributed by atoms with van der Waals surface area (Å²) in [6.45, 7) is 5.51. The summed E-state index contributed by atoms with van der Waals surface area (Å²) in [6.07, 6.45) is -0.327. The predicted octanol–water partition coefficient (Wildman–Crippen LogP) is 4.47. The van der Waals surface area contributed by atoms with Crippen molar-refractivity contribution in [2.75, 3.05) is 0 Å². The number of ether oxygens (including phenoxy) is 2. The van der Waals surface area contributed by atoms with Crippen LogP contribution in [0.25, 0.3) is 0 Å². The predicted molar refractivity (Wildman–Crippen MR) is 112 cm³/mol. The highest BCUT2D eigenvalue weighted by Gasteiger charge is 2.27. The van der Waals surface area contributed by atoms with Gasteiger partial charge in [0.25, 0.3) is 0 Å². The molecule has 6 heteroatoms. The third-order valence-electron chi connectivity index (χ3n) is 3.55. The van der Waals surface area contributed by atoms with Crippen LogP contribution in [0.3, 0.4) is 0 Å². The molecule has 1 N–H and O–H groups in total. The Morgan fingerprint density at radius 1 is 1.00 bits per heavy atom. The van der Waals surface area contributed by atoms with E-state index in [1.165, 1.54) is 0 Å². The summed E-state index contributed by atoms with van der Waals surface area (Å²) in [7, 11) is 0. The Morgan fingerprint density at radius 3 is 2.22 bits per heavy atom. The van der Waals surface area contributed by atoms with Crippen molar-refractivity contribution in [2.24, 2.45) is 0 Å². The van der Waals surface area contributed by atoms with Gasteiger partial charge in [-0.25, -0.2) is 9.59 Å². The average Bonchev–Trinajstić information content (AvgIpc) is 2.60. The fraction of sp³-hybridized carbons (Fsp3) is 0.333. The lowest BCUT2D eigenvalue weighted by molar-refractivity contribution is -0.157. The average molecular weight is 481 g/mol. The monoisotopic (exact) mass is 481 g/mol. The smallest absolute Gasteiger partial charge is 0.408 e. The molecule has 5 nitrogen and oxygen atoms in total. The van der Waals surface area contributed by atoms with E-state index < -0.39 is 23.7 Å². The minimum atomic E-state index is -0.826. The van der Waals surface area contributed by atoms with E-state index in [1.807, 2.05) is 54.6 Å². The molecule has 0 aliphatic carbocycles. The van der Waals surface area contributed by atoms with Crippen molar-refractivity contribution in [3.63, 3.8) is 0 Å². The van der Waals surface area contributed by atoms with Crippen LogP contribution in [0.5, 0.6) is 0 Å². The summed E-state index contributed by atoms with van der Waals surface area (Å²) in [5, 5.41) is 2.64. The number of carbonyl (C=O) groups excluding carboxylic acids is 2. The minimum absolute atomic E-state index is 0.136. The molecule has 2 aromatic carbocycles. The number of esters is 1. The van der Waals surface area contributed by atoms with E-state index in [0.717, 1.165) is 14.7 Å². The van der Waals surface area contributed by atoms with E-state index in [4.69, 9.17) is 9.47 Å². The fourth-order valence-corrected chi connectivity index (χ4v) is 2.69. The quantitative estimate of drug-likeness (QED) is 0.489. The van der Waals surface area contributed by atoms with Gasteiger partial charge in [0, 0.05) is 9.99 Å². The molecule has 1 unspecified atom stereocenters. The molecule has 144 valence electrons. The Bertz CT molecular complexity index is 754. The number of carbonyl (C=O) groups is 2. The zero-order chi connectivity index (χ0) is 19.9. The van der Waals surface area contributed by atoms with Crippen molar-refractivity contribution in [2.45, 2.75) is 45.4 Å². The van der Waals surface area contributed by atoms with Crippen LogP contribution in [0, 0.1) is 3.57 Å². The van der Waals surface area contributed by atoms with Gasteiger partial charge in [-0.15, -0.1) is 0 Å². The van der Waals surface area contributed by atoms with Gasteiger partial charge in [0.15, 0.2) is 0 Å². The standard InChI is InChI=1S/C21H24INO4/c1-21(2,3)27-19(24)18(13-15-9-11-17(22)12-10-15)23-20(25)26-14-16-7-5-4-6-8-16/h4-12,18H,13-14H2,1-3H3,(H,23,25). The molecule has 0 aliphatic rings. The molecule has 0 spiro atoms. The van der Waals surface area contributed by atoms with Crippen LogP contribution in [0.4, 0.5) is 4.79 Å². The van der Waals surface area contributed by atoms with Gasteiger partial charge >= 0.3 is 12.1 Å². The van der Waals surface area contributed by atoms with Gasteiger partial charge in [0.1, 0.15) is 18.2 Å². The summed E-state index contributed by atoms with van der Waals surface area (Å²) in [4.78, 5) is 24.7. The highest BCUT2D eigenvalue weighted by molar-refractivity contribution is 14.1. The normalized spacial score (nSPS) is 12.1. The fourth-order valence-electron chi connectivity index (χ4n) is 2.33. The molecular weight excluding hydrogens is 457 g/mol. The van der Waals surface area contributed by atoms with E-state index in [1.54, 1.807) is 20.8 Å². The van der Waals surface area contributed by atoms with Gasteiger partial charge in [0.2, 0.25) is 0 Å². The Labute approximate surface area is 173 Å². The number of hydrogen-bond donors (Lipinski definition) is 1. The second kappa shape index (κ2) is 9.73. The van der Waals surface area contributed by atoms with Crippen molar-refractivity contribution in [1.82, 2.24) is 5.32 Å². The number of alkyl carbamates (subject to hydrolysis) is 1. The summed E-state index contributed by atoms with van der Waals surface area (Å²) in [5.74, 6) is -0.488. The molecule has 0 aliphatic heterocycles. The number of amides is 1. The molecule has 27 heavy (non-hydrogen) atoms. The summed E-state index contributed by atoms with van der Waals surface area (Å²) < 4.78 is 11.8. The van der Waals surface area contributed by atoms with Crippen LogP contribution >= 0.6 is 22.6 Å². The summed E-state index contributed by atoms with van der Waals surface area (Å²) in [6, 6.07) is 16.3. The first-order valence-corrected chi connectivity index (χ1v) is 9.75. The van der Waals surface area contributed by atoms with E-state index in [2.05, 4.69) is 27.9 Å². The third kappa shape index (κ3) is 7.99. The zero-order valence-electron chi connectivity index (χ0n) is 15.7. The molecule has 0 saturated carbocycles. The van der Waals surface area contributed by atoms with Crippen LogP contribution in [0.2, 0.25) is 0 Å². The number of hydrogen-bond acceptors (Lipinski definition) is 4. The highest BCUT2D eigenvalue weighted by Crippen LogP contribution is 2.13. The van der Waals surface area contributed by atoms with Crippen LogP contribution in [-0.2, 0) is 27.3 Å². The minimum Gasteiger partial charge on any atom is -0.458 e. The first-order valence-electron chi connectivity index (χ1n) is 8.67. The Balaban J connectivity index is 2.02. The van der Waals surface area contributed by atoms with E-state index >= 15 is 0 Å². The topological polar surface area (TPSA) is 64.6 Å². The number of rotatable bonds is 6. The van der Waals surface area contributed by atoms with Crippen molar-refractivity contribution in [3.05, 3.63) is 69.3 Å². The van der Waals surface area contributed by atoms with Gasteiger partial charge in [0.05, 0.1) is 0 Å². The van der Waals surface area contributed by atoms with Crippen molar-refractivity contribution < 1.29 is 19.1 Å². The van der Waals surface area contributed by atoms with E-state index in [0.29, 0.717) is 6.42 Å². The molecule has 0 radical (unpaired) electrons. The Kier molecular flexibility index (Phi) is 7.65. The maximum Gasteiger partial charge on any atom is 0.408 e. The molecule has 0 saturated heterocycles. The van der Waals surface area contributed by atoms with Gasteiger partial charge in [-0.3, -0.25) is 0 Å². The summed E-state index contributed by atoms with van der Waals surface area (Å²) in [5.41, 5.74) is 1.16. The largest absolute Gasteiger partial charge is 0.458 e. The maximum atomic E-state index is 12.5. The lowest BCUT2D eigenvalue weighted by Gasteiger charge is -2.24. The van der Waals surface area contributed by atoms with Crippen LogP contribution in [0.15, 0.2) is 54.6 Å². The van der Waals surface area contributed by atoms with Crippen molar-refractivity contribution >= 4 is 34.7 Å². The first-order chi connectivity index (χ1) is 12.7. The van der Waals surface area contributed by atoms with Crippen molar-refractivity contribution in [1.29, 1.82) is 0 Å². The zero-order valence-corrected chi connectivity index (χ0v) is 17.9. The Hall–Kier alpha value is -2.09. The maximum absolute atomic E-state index is 12.5. The van der Waals surface area contributed by atoms with Gasteiger partial charge in [-0.1, -0.05) is 42.5 Å². The molecule has 1 amide bonds. The lowest BCUT2D eigenvalue weighted by Crippen LogP contribution is -2.45. The lowest BCUT2D eigenvalue weighted by atomic mass is 10.1. The van der Waals surface area contributed by atoms with E-state index in [9.17, 15) is 9.59 Å². The van der Waals surface area contributed by atoms with Crippen LogP contribution in [0.1, 0.15) is 31.9 Å². The molecular formula is C21H24INO4. The van der Waals surface area contributed by atoms with Gasteiger partial charge in [-0.2, -0.15) is 0 Å². The van der Waals surface area contributed by atoms with Gasteiger partial charge < -0.3 is 14.8 Å². The molecule has 0 heterocycles. The highest BCUT2D eigenvalue weighted by atomic mass is 127. The number of nitrogens with one attached hydrogen (secondary N) is 1. The SMILES string of the molecule is CC(C)(C)OC(=O)C(Cc1ccc(I)cc1)NC(=O)OCc1ccccc1. The number of benzene rings is 2. The Morgan fingerprint density at radius 2 is 1.63 bits per heavy atom.